The van der Waals surface area contributed by atoms with E-state index in [2.05, 4.69) is 184 Å². The Hall–Kier alpha value is -9.88. The molecule has 70 heavy (non-hydrogen) atoms. The van der Waals surface area contributed by atoms with Gasteiger partial charge in [-0.15, -0.1) is 0 Å². The van der Waals surface area contributed by atoms with Gasteiger partial charge in [0.05, 0.1) is 51.6 Å². The number of para-hydroxylation sites is 2. The number of hydrogen-bond donors (Lipinski definition) is 0. The predicted octanol–water partition coefficient (Wildman–Crippen LogP) is 17.7. The molecule has 0 amide bonds. The number of furan rings is 2. The maximum atomic E-state index is 11.0. The average Bonchev–Trinajstić information content (AvgIpc) is 4.17. The van der Waals surface area contributed by atoms with Crippen LogP contribution in [0.2, 0.25) is 0 Å². The van der Waals surface area contributed by atoms with Gasteiger partial charge < -0.3 is 18.0 Å². The molecule has 0 aliphatic rings. The van der Waals surface area contributed by atoms with Crippen molar-refractivity contribution in [2.45, 2.75) is 0 Å². The number of benzene rings is 11. The lowest BCUT2D eigenvalue weighted by Gasteiger charge is -2.16. The number of rotatable bonds is 4. The van der Waals surface area contributed by atoms with Crippen LogP contribution in [0.3, 0.4) is 0 Å². The molecule has 0 aliphatic heterocycles. The third-order valence-corrected chi connectivity index (χ3v) is 14.5. The molecule has 11 aromatic carbocycles. The van der Waals surface area contributed by atoms with E-state index < -0.39 is 0 Å². The summed E-state index contributed by atoms with van der Waals surface area (Å²) in [5.74, 6) is 0. The third kappa shape index (κ3) is 5.36. The highest BCUT2D eigenvalue weighted by atomic mass is 16.3. The first kappa shape index (κ1) is 38.2. The van der Waals surface area contributed by atoms with Crippen LogP contribution in [0.15, 0.2) is 215 Å². The minimum Gasteiger partial charge on any atom is -0.456 e. The molecule has 4 heterocycles. The van der Waals surface area contributed by atoms with Crippen LogP contribution in [-0.4, -0.2) is 9.13 Å². The smallest absolute Gasteiger partial charge is 0.212 e. The fraction of sp³-hybridized carbons (Fsp3) is 0. The molecule has 0 unspecified atom stereocenters. The number of fused-ring (bicyclic) bond motifs is 16. The quantitative estimate of drug-likeness (QED) is 0.165. The monoisotopic (exact) mass is 890 g/mol. The molecular weight excluding hydrogens is 857 g/mol. The van der Waals surface area contributed by atoms with Crippen molar-refractivity contribution in [2.24, 2.45) is 0 Å². The third-order valence-electron chi connectivity index (χ3n) is 14.5. The van der Waals surface area contributed by atoms with Crippen LogP contribution in [0.4, 0.5) is 5.69 Å². The van der Waals surface area contributed by atoms with Crippen LogP contribution in [0.1, 0.15) is 5.56 Å². The Labute approximate surface area is 399 Å². The van der Waals surface area contributed by atoms with Crippen LogP contribution < -0.4 is 0 Å². The lowest BCUT2D eigenvalue weighted by Crippen LogP contribution is -2.02. The lowest BCUT2D eigenvalue weighted by molar-refractivity contribution is 0.668. The molecule has 15 aromatic rings. The summed E-state index contributed by atoms with van der Waals surface area (Å²) in [6, 6.07) is 74.4. The first-order valence-electron chi connectivity index (χ1n) is 23.3. The zero-order valence-corrected chi connectivity index (χ0v) is 37.2. The maximum Gasteiger partial charge on any atom is 0.212 e. The molecule has 0 saturated heterocycles. The molecule has 0 saturated carbocycles. The number of nitriles is 1. The highest BCUT2D eigenvalue weighted by Gasteiger charge is 2.24. The first-order valence-corrected chi connectivity index (χ1v) is 23.3. The summed E-state index contributed by atoms with van der Waals surface area (Å²) in [5, 5.41) is 24.2. The van der Waals surface area contributed by atoms with E-state index in [1.807, 2.05) is 36.4 Å². The van der Waals surface area contributed by atoms with Gasteiger partial charge in [0.2, 0.25) is 5.69 Å². The molecular formula is C64H34N4O2. The van der Waals surface area contributed by atoms with E-state index in [0.29, 0.717) is 22.6 Å². The Bertz CT molecular complexity index is 4570. The van der Waals surface area contributed by atoms with E-state index in [1.54, 1.807) is 6.07 Å². The average molecular weight is 891 g/mol. The van der Waals surface area contributed by atoms with Crippen molar-refractivity contribution >= 4 is 115 Å². The second-order valence-electron chi connectivity index (χ2n) is 18.2. The van der Waals surface area contributed by atoms with Gasteiger partial charge in [0, 0.05) is 43.1 Å². The SMILES string of the molecule is [C-]#[N+]c1cc(C#N)c(-n2c3ccc(-c4ccc5c(c4)oc4ccccc45)cc3c3c4ccccc4ccc32)cc1-n1c2ccc(-c3ccc4c(c3)oc3ccccc34)cc2c2c3ccccc3ccc21. The first-order chi connectivity index (χ1) is 34.6. The van der Waals surface area contributed by atoms with Gasteiger partial charge in [-0.1, -0.05) is 121 Å². The summed E-state index contributed by atoms with van der Waals surface area (Å²) in [6.07, 6.45) is 0. The highest BCUT2D eigenvalue weighted by Crippen LogP contribution is 2.45. The van der Waals surface area contributed by atoms with Crippen molar-refractivity contribution in [1.82, 2.24) is 9.13 Å². The number of nitrogens with zero attached hydrogens (tertiary/aromatic N) is 4. The Balaban J connectivity index is 0.975. The summed E-state index contributed by atoms with van der Waals surface area (Å²) < 4.78 is 17.1. The van der Waals surface area contributed by atoms with E-state index in [9.17, 15) is 5.26 Å². The van der Waals surface area contributed by atoms with Crippen molar-refractivity contribution in [3.8, 4) is 39.7 Å². The number of aromatic nitrogens is 2. The largest absolute Gasteiger partial charge is 0.456 e. The molecule has 6 heteroatoms. The van der Waals surface area contributed by atoms with Gasteiger partial charge in [-0.05, 0) is 129 Å². The Morgan fingerprint density at radius 2 is 0.800 bits per heavy atom. The van der Waals surface area contributed by atoms with E-state index in [4.69, 9.17) is 15.4 Å². The van der Waals surface area contributed by atoms with Crippen LogP contribution >= 0.6 is 0 Å². The predicted molar refractivity (Wildman–Crippen MR) is 287 cm³/mol. The van der Waals surface area contributed by atoms with Gasteiger partial charge in [-0.2, -0.15) is 5.26 Å². The number of hydrogen-bond acceptors (Lipinski definition) is 3. The molecule has 4 aromatic heterocycles. The molecule has 0 bridgehead atoms. The van der Waals surface area contributed by atoms with Crippen molar-refractivity contribution in [3.05, 3.63) is 223 Å². The fourth-order valence-corrected chi connectivity index (χ4v) is 11.4. The lowest BCUT2D eigenvalue weighted by atomic mass is 9.99. The van der Waals surface area contributed by atoms with Gasteiger partial charge in [-0.25, -0.2) is 4.85 Å². The standard InChI is InChI=1S/C64H34N4O2/c1-66-52-32-43(36-65)57(67-53-26-22-39(30-50(53)63-44-12-4-2-10-37(44)20-28-55(63)67)41-18-24-48-46-14-6-8-16-59(46)69-61(48)33-41)35-58(52)68-54-27-23-40(31-51(54)64-45-13-5-3-11-38(45)21-29-56(64)68)42-19-25-49-47-15-7-9-17-60(47)70-62(49)34-42/h2-35H. The Morgan fingerprint density at radius 1 is 0.371 bits per heavy atom. The normalized spacial score (nSPS) is 12.0. The van der Waals surface area contributed by atoms with E-state index in [0.717, 1.165) is 131 Å². The van der Waals surface area contributed by atoms with E-state index in [1.165, 1.54) is 0 Å². The van der Waals surface area contributed by atoms with Crippen LogP contribution in [0.25, 0.3) is 148 Å². The van der Waals surface area contributed by atoms with Crippen LogP contribution in [0, 0.1) is 17.9 Å². The summed E-state index contributed by atoms with van der Waals surface area (Å²) in [7, 11) is 0. The van der Waals surface area contributed by atoms with Gasteiger partial charge in [-0.3, -0.25) is 0 Å². The molecule has 0 fully saturated rings. The van der Waals surface area contributed by atoms with Crippen molar-refractivity contribution in [3.63, 3.8) is 0 Å². The summed E-state index contributed by atoms with van der Waals surface area (Å²) >= 11 is 0. The van der Waals surface area contributed by atoms with E-state index >= 15 is 0 Å². The molecule has 322 valence electrons. The summed E-state index contributed by atoms with van der Waals surface area (Å²) in [5.41, 5.74) is 13.7. The van der Waals surface area contributed by atoms with Gasteiger partial charge >= 0.3 is 0 Å². The molecule has 0 N–H and O–H groups in total. The molecule has 0 radical (unpaired) electrons. The molecule has 6 nitrogen and oxygen atoms in total. The summed E-state index contributed by atoms with van der Waals surface area (Å²) in [6.45, 7) is 8.62. The van der Waals surface area contributed by atoms with Gasteiger partial charge in [0.15, 0.2) is 0 Å². The van der Waals surface area contributed by atoms with Gasteiger partial charge in [0.1, 0.15) is 22.3 Å². The second kappa shape index (κ2) is 14.3. The topological polar surface area (TPSA) is 64.3 Å². The Kier molecular flexibility index (Phi) is 7.82. The van der Waals surface area contributed by atoms with E-state index in [-0.39, 0.29) is 0 Å². The minimum atomic E-state index is 0.390. The fourth-order valence-electron chi connectivity index (χ4n) is 11.4. The zero-order chi connectivity index (χ0) is 46.2. The Morgan fingerprint density at radius 3 is 1.31 bits per heavy atom. The van der Waals surface area contributed by atoms with Crippen LogP contribution in [0.5, 0.6) is 0 Å². The van der Waals surface area contributed by atoms with Crippen molar-refractivity contribution in [2.75, 3.05) is 0 Å². The molecule has 15 rings (SSSR count). The van der Waals surface area contributed by atoms with Crippen LogP contribution in [-0.2, 0) is 0 Å². The van der Waals surface area contributed by atoms with Crippen molar-refractivity contribution < 1.29 is 8.83 Å². The molecule has 0 atom stereocenters. The molecule has 0 spiro atoms. The highest BCUT2D eigenvalue weighted by molar-refractivity contribution is 6.24. The second-order valence-corrected chi connectivity index (χ2v) is 18.2. The summed E-state index contributed by atoms with van der Waals surface area (Å²) in [4.78, 5) is 4.14. The minimum absolute atomic E-state index is 0.390. The van der Waals surface area contributed by atoms with Crippen molar-refractivity contribution in [1.29, 1.82) is 5.26 Å². The van der Waals surface area contributed by atoms with Gasteiger partial charge in [0.25, 0.3) is 0 Å². The molecule has 0 aliphatic carbocycles. The zero-order valence-electron chi connectivity index (χ0n) is 37.2. The maximum absolute atomic E-state index is 11.0.